The lowest BCUT2D eigenvalue weighted by Crippen LogP contribution is -2.36. The topological polar surface area (TPSA) is 21.7 Å². The molecule has 0 aromatic heterocycles. The molecule has 3 nitrogen and oxygen atoms in total. The van der Waals surface area contributed by atoms with Gasteiger partial charge in [0.1, 0.15) is 5.75 Å². The van der Waals surface area contributed by atoms with Gasteiger partial charge in [0, 0.05) is 13.1 Å². The largest absolute Gasteiger partial charge is 0.493 e. The molecule has 3 heteroatoms. The number of aryl methyl sites for hydroxylation is 1. The maximum absolute atomic E-state index is 5.93. The number of rotatable bonds is 8. The molecule has 1 aliphatic rings. The number of nitrogens with zero attached hydrogens (tertiary/aromatic N) is 1. The SMILES string of the molecule is CCCOc1ccc(C(C)C)cc1CCCN1CCOCC1. The fraction of sp³-hybridized carbons (Fsp3) is 0.684. The van der Waals surface area contributed by atoms with E-state index in [1.165, 1.54) is 17.5 Å². The standard InChI is InChI=1S/C19H31NO2/c1-4-12-22-19-8-7-17(16(2)3)15-18(19)6-5-9-20-10-13-21-14-11-20/h7-8,15-16H,4-6,9-14H2,1-3H3. The molecule has 1 aromatic rings. The Balaban J connectivity index is 1.94. The highest BCUT2D eigenvalue weighted by molar-refractivity contribution is 5.38. The average Bonchev–Trinajstić information content (AvgIpc) is 2.54. The summed E-state index contributed by atoms with van der Waals surface area (Å²) in [5, 5.41) is 0. The fourth-order valence-corrected chi connectivity index (χ4v) is 2.82. The third kappa shape index (κ3) is 5.29. The molecule has 1 heterocycles. The summed E-state index contributed by atoms with van der Waals surface area (Å²) in [6, 6.07) is 6.71. The first-order chi connectivity index (χ1) is 10.7. The highest BCUT2D eigenvalue weighted by atomic mass is 16.5. The molecule has 0 radical (unpaired) electrons. The smallest absolute Gasteiger partial charge is 0.122 e. The molecule has 2 rings (SSSR count). The van der Waals surface area contributed by atoms with E-state index in [1.807, 2.05) is 0 Å². The van der Waals surface area contributed by atoms with Crippen molar-refractivity contribution < 1.29 is 9.47 Å². The molecule has 1 fully saturated rings. The van der Waals surface area contributed by atoms with Gasteiger partial charge >= 0.3 is 0 Å². The molecule has 0 atom stereocenters. The van der Waals surface area contributed by atoms with Crippen LogP contribution in [0.4, 0.5) is 0 Å². The summed E-state index contributed by atoms with van der Waals surface area (Å²) in [7, 11) is 0. The van der Waals surface area contributed by atoms with E-state index in [1.54, 1.807) is 0 Å². The summed E-state index contributed by atoms with van der Waals surface area (Å²) in [4.78, 5) is 2.50. The van der Waals surface area contributed by atoms with Gasteiger partial charge in [-0.25, -0.2) is 0 Å². The van der Waals surface area contributed by atoms with Crippen LogP contribution in [0, 0.1) is 0 Å². The van der Waals surface area contributed by atoms with Crippen LogP contribution in [0.25, 0.3) is 0 Å². The van der Waals surface area contributed by atoms with Crippen LogP contribution in [-0.4, -0.2) is 44.4 Å². The molecule has 124 valence electrons. The second-order valence-electron chi connectivity index (χ2n) is 6.43. The summed E-state index contributed by atoms with van der Waals surface area (Å²) in [6.45, 7) is 12.5. The number of hydrogen-bond acceptors (Lipinski definition) is 3. The third-order valence-corrected chi connectivity index (χ3v) is 4.24. The van der Waals surface area contributed by atoms with Gasteiger partial charge in [-0.05, 0) is 48.9 Å². The van der Waals surface area contributed by atoms with E-state index >= 15 is 0 Å². The summed E-state index contributed by atoms with van der Waals surface area (Å²) in [6.07, 6.45) is 3.33. The Morgan fingerprint density at radius 2 is 2.00 bits per heavy atom. The molecule has 22 heavy (non-hydrogen) atoms. The lowest BCUT2D eigenvalue weighted by atomic mass is 9.98. The van der Waals surface area contributed by atoms with Gasteiger partial charge in [-0.15, -0.1) is 0 Å². The Morgan fingerprint density at radius 1 is 1.23 bits per heavy atom. The van der Waals surface area contributed by atoms with Gasteiger partial charge in [0.05, 0.1) is 19.8 Å². The number of benzene rings is 1. The number of hydrogen-bond donors (Lipinski definition) is 0. The minimum absolute atomic E-state index is 0.568. The van der Waals surface area contributed by atoms with Gasteiger partial charge in [-0.2, -0.15) is 0 Å². The first-order valence-corrected chi connectivity index (χ1v) is 8.76. The molecular formula is C19H31NO2. The minimum atomic E-state index is 0.568. The molecule has 1 saturated heterocycles. The quantitative estimate of drug-likeness (QED) is 0.728. The van der Waals surface area contributed by atoms with Crippen LogP contribution in [0.3, 0.4) is 0 Å². The van der Waals surface area contributed by atoms with Gasteiger partial charge in [0.25, 0.3) is 0 Å². The maximum Gasteiger partial charge on any atom is 0.122 e. The fourth-order valence-electron chi connectivity index (χ4n) is 2.82. The van der Waals surface area contributed by atoms with Crippen LogP contribution in [0.2, 0.25) is 0 Å². The normalized spacial score (nSPS) is 16.2. The molecule has 1 aliphatic heterocycles. The lowest BCUT2D eigenvalue weighted by Gasteiger charge is -2.26. The number of morpholine rings is 1. The zero-order valence-electron chi connectivity index (χ0n) is 14.4. The van der Waals surface area contributed by atoms with Crippen molar-refractivity contribution in [2.75, 3.05) is 39.5 Å². The van der Waals surface area contributed by atoms with Crippen molar-refractivity contribution >= 4 is 0 Å². The molecule has 1 aromatic carbocycles. The third-order valence-electron chi connectivity index (χ3n) is 4.24. The van der Waals surface area contributed by atoms with Crippen LogP contribution in [0.15, 0.2) is 18.2 Å². The van der Waals surface area contributed by atoms with E-state index in [0.29, 0.717) is 5.92 Å². The Labute approximate surface area is 135 Å². The van der Waals surface area contributed by atoms with Crippen molar-refractivity contribution in [3.05, 3.63) is 29.3 Å². The van der Waals surface area contributed by atoms with E-state index in [2.05, 4.69) is 43.9 Å². The minimum Gasteiger partial charge on any atom is -0.493 e. The predicted molar refractivity (Wildman–Crippen MR) is 91.9 cm³/mol. The van der Waals surface area contributed by atoms with Gasteiger partial charge < -0.3 is 9.47 Å². The molecule has 0 unspecified atom stereocenters. The van der Waals surface area contributed by atoms with E-state index in [0.717, 1.165) is 58.0 Å². The zero-order valence-corrected chi connectivity index (χ0v) is 14.4. The second kappa shape index (κ2) is 9.16. The summed E-state index contributed by atoms with van der Waals surface area (Å²) < 4.78 is 11.3. The summed E-state index contributed by atoms with van der Waals surface area (Å²) >= 11 is 0. The van der Waals surface area contributed by atoms with Gasteiger partial charge in [0.15, 0.2) is 0 Å². The molecule has 0 amide bonds. The van der Waals surface area contributed by atoms with Crippen LogP contribution in [-0.2, 0) is 11.2 Å². The van der Waals surface area contributed by atoms with E-state index < -0.39 is 0 Å². The van der Waals surface area contributed by atoms with Gasteiger partial charge in [-0.1, -0.05) is 32.9 Å². The van der Waals surface area contributed by atoms with Crippen molar-refractivity contribution in [1.29, 1.82) is 0 Å². The summed E-state index contributed by atoms with van der Waals surface area (Å²) in [5.74, 6) is 1.64. The van der Waals surface area contributed by atoms with Crippen molar-refractivity contribution in [2.24, 2.45) is 0 Å². The Kier molecular flexibility index (Phi) is 7.20. The monoisotopic (exact) mass is 305 g/mol. The molecule has 0 saturated carbocycles. The lowest BCUT2D eigenvalue weighted by molar-refractivity contribution is 0.0374. The number of ether oxygens (including phenoxy) is 2. The molecule has 0 N–H and O–H groups in total. The zero-order chi connectivity index (χ0) is 15.8. The first kappa shape index (κ1) is 17.3. The Hall–Kier alpha value is -1.06. The highest BCUT2D eigenvalue weighted by Gasteiger charge is 2.11. The van der Waals surface area contributed by atoms with Crippen LogP contribution >= 0.6 is 0 Å². The second-order valence-corrected chi connectivity index (χ2v) is 6.43. The van der Waals surface area contributed by atoms with Crippen LogP contribution in [0.5, 0.6) is 5.75 Å². The molecule has 0 aliphatic carbocycles. The van der Waals surface area contributed by atoms with Crippen molar-refractivity contribution in [3.8, 4) is 5.75 Å². The van der Waals surface area contributed by atoms with Crippen LogP contribution in [0.1, 0.15) is 50.7 Å². The average molecular weight is 305 g/mol. The maximum atomic E-state index is 5.93. The highest BCUT2D eigenvalue weighted by Crippen LogP contribution is 2.26. The Morgan fingerprint density at radius 3 is 2.68 bits per heavy atom. The molecule has 0 bridgehead atoms. The van der Waals surface area contributed by atoms with Crippen molar-refractivity contribution in [1.82, 2.24) is 4.90 Å². The van der Waals surface area contributed by atoms with E-state index in [9.17, 15) is 0 Å². The molecular weight excluding hydrogens is 274 g/mol. The van der Waals surface area contributed by atoms with Crippen molar-refractivity contribution in [3.63, 3.8) is 0 Å². The predicted octanol–water partition coefficient (Wildman–Crippen LogP) is 3.86. The van der Waals surface area contributed by atoms with E-state index in [4.69, 9.17) is 9.47 Å². The first-order valence-electron chi connectivity index (χ1n) is 8.76. The van der Waals surface area contributed by atoms with Gasteiger partial charge in [-0.3, -0.25) is 4.90 Å². The summed E-state index contributed by atoms with van der Waals surface area (Å²) in [5.41, 5.74) is 2.78. The van der Waals surface area contributed by atoms with Gasteiger partial charge in [0.2, 0.25) is 0 Å². The van der Waals surface area contributed by atoms with E-state index in [-0.39, 0.29) is 0 Å². The molecule has 0 spiro atoms. The van der Waals surface area contributed by atoms with Crippen molar-refractivity contribution in [2.45, 2.75) is 46.0 Å². The Bertz CT molecular complexity index is 439. The van der Waals surface area contributed by atoms with Crippen LogP contribution < -0.4 is 4.74 Å².